The van der Waals surface area contributed by atoms with Crippen LogP contribution in [0.3, 0.4) is 0 Å². The van der Waals surface area contributed by atoms with E-state index in [1.165, 1.54) is 55.4 Å². The fraction of sp³-hybridized carbons (Fsp3) is 0.688. The van der Waals surface area contributed by atoms with E-state index in [1.54, 1.807) is 0 Å². The number of hydrogen-bond acceptors (Lipinski definition) is 1. The molecule has 0 unspecified atom stereocenters. The Hall–Kier alpha value is -0.210. The molecule has 0 aromatic carbocycles. The first-order chi connectivity index (χ1) is 8.72. The number of thioether (sulfide) groups is 1. The number of halogens is 1. The molecule has 0 aliphatic heterocycles. The highest BCUT2D eigenvalue weighted by molar-refractivity contribution is 7.98. The van der Waals surface area contributed by atoms with Gasteiger partial charge in [0.2, 0.25) is 0 Å². The Kier molecular flexibility index (Phi) is 11.5. The van der Waals surface area contributed by atoms with Crippen LogP contribution in [0.15, 0.2) is 18.5 Å². The fourth-order valence-corrected chi connectivity index (χ4v) is 3.12. The molecule has 1 rings (SSSR count). The molecule has 0 amide bonds. The first kappa shape index (κ1) is 18.8. The van der Waals surface area contributed by atoms with Crippen LogP contribution in [0.4, 0.5) is 0 Å². The number of aryl methyl sites for hydroxylation is 2. The maximum atomic E-state index is 2.31. The molecule has 1 aromatic heterocycles. The average molecular weight is 302 g/mol. The van der Waals surface area contributed by atoms with Gasteiger partial charge in [0.1, 0.15) is 0 Å². The van der Waals surface area contributed by atoms with E-state index in [9.17, 15) is 0 Å². The van der Waals surface area contributed by atoms with E-state index in [-0.39, 0.29) is 12.4 Å². The second-order valence-corrected chi connectivity index (χ2v) is 6.28. The number of rotatable bonds is 9. The maximum Gasteiger partial charge on any atom is 0.194 e. The first-order valence-corrected chi connectivity index (χ1v) is 8.43. The van der Waals surface area contributed by atoms with Crippen molar-refractivity contribution in [2.45, 2.75) is 65.2 Å². The second kappa shape index (κ2) is 11.6. The highest BCUT2D eigenvalue weighted by Gasteiger charge is 2.02. The predicted octanol–water partition coefficient (Wildman–Crippen LogP) is 1.65. The van der Waals surface area contributed by atoms with Crippen molar-refractivity contribution in [3.8, 4) is 0 Å². The summed E-state index contributed by atoms with van der Waals surface area (Å²) in [6.45, 7) is 6.61. The van der Waals surface area contributed by atoms with Gasteiger partial charge in [-0.25, -0.2) is 0 Å². The van der Waals surface area contributed by atoms with Crippen molar-refractivity contribution in [3.63, 3.8) is 0 Å². The quantitative estimate of drug-likeness (QED) is 0.495. The van der Waals surface area contributed by atoms with E-state index in [2.05, 4.69) is 55.6 Å². The zero-order valence-corrected chi connectivity index (χ0v) is 14.2. The Labute approximate surface area is 129 Å². The molecule has 0 saturated carbocycles. The van der Waals surface area contributed by atoms with Gasteiger partial charge in [-0.2, -0.15) is 4.57 Å². The van der Waals surface area contributed by atoms with Gasteiger partial charge in [-0.3, -0.25) is 0 Å². The molecule has 0 radical (unpaired) electrons. The van der Waals surface area contributed by atoms with Crippen LogP contribution in [0, 0.1) is 13.8 Å². The summed E-state index contributed by atoms with van der Waals surface area (Å²) in [5, 5.41) is 0. The van der Waals surface area contributed by atoms with Crippen LogP contribution >= 0.6 is 11.8 Å². The number of nitrogens with zero attached hydrogens (tertiary/aromatic N) is 1. The predicted molar refractivity (Wildman–Crippen MR) is 81.9 cm³/mol. The van der Waals surface area contributed by atoms with Gasteiger partial charge in [0.25, 0.3) is 0 Å². The van der Waals surface area contributed by atoms with E-state index in [1.807, 2.05) is 0 Å². The Morgan fingerprint density at radius 1 is 0.947 bits per heavy atom. The number of pyridine rings is 1. The van der Waals surface area contributed by atoms with E-state index in [0.717, 1.165) is 5.88 Å². The second-order valence-electron chi connectivity index (χ2n) is 5.21. The zero-order chi connectivity index (χ0) is 13.2. The third-order valence-electron chi connectivity index (χ3n) is 3.08. The third kappa shape index (κ3) is 9.34. The molecular formula is C16H28ClNS. The molecular weight excluding hydrogens is 274 g/mol. The number of hydrogen-bond donors (Lipinski definition) is 0. The average Bonchev–Trinajstić information content (AvgIpc) is 2.31. The molecule has 0 spiro atoms. The Bertz CT molecular complexity index is 321. The largest absolute Gasteiger partial charge is 1.00 e. The van der Waals surface area contributed by atoms with E-state index < -0.39 is 0 Å². The van der Waals surface area contributed by atoms with Crippen molar-refractivity contribution in [3.05, 3.63) is 29.6 Å². The van der Waals surface area contributed by atoms with Crippen molar-refractivity contribution >= 4 is 11.8 Å². The fourth-order valence-electron chi connectivity index (χ4n) is 2.22. The van der Waals surface area contributed by atoms with Crippen LogP contribution in [-0.2, 0) is 5.88 Å². The molecule has 1 heterocycles. The number of aromatic nitrogens is 1. The first-order valence-electron chi connectivity index (χ1n) is 7.27. The van der Waals surface area contributed by atoms with Crippen LogP contribution in [0.25, 0.3) is 0 Å². The van der Waals surface area contributed by atoms with Crippen molar-refractivity contribution < 1.29 is 17.0 Å². The summed E-state index contributed by atoms with van der Waals surface area (Å²) in [6, 6.07) is 2.23. The van der Waals surface area contributed by atoms with Gasteiger partial charge in [-0.1, -0.05) is 50.8 Å². The van der Waals surface area contributed by atoms with Crippen molar-refractivity contribution in [2.75, 3.05) is 5.75 Å². The molecule has 0 saturated heterocycles. The van der Waals surface area contributed by atoms with Gasteiger partial charge < -0.3 is 12.4 Å². The van der Waals surface area contributed by atoms with Crippen LogP contribution in [0.5, 0.6) is 0 Å². The molecule has 0 bridgehead atoms. The summed E-state index contributed by atoms with van der Waals surface area (Å²) >= 11 is 2.05. The summed E-state index contributed by atoms with van der Waals surface area (Å²) in [4.78, 5) is 0. The molecule has 0 fully saturated rings. The Morgan fingerprint density at radius 2 is 1.53 bits per heavy atom. The summed E-state index contributed by atoms with van der Waals surface area (Å²) in [5.41, 5.74) is 2.71. The molecule has 110 valence electrons. The smallest absolute Gasteiger partial charge is 0.194 e. The molecule has 0 aliphatic carbocycles. The lowest BCUT2D eigenvalue weighted by Crippen LogP contribution is -3.00. The summed E-state index contributed by atoms with van der Waals surface area (Å²) in [7, 11) is 0. The minimum atomic E-state index is 0. The SMILES string of the molecule is CCCCCCCCSC[n+]1cc(C)cc(C)c1.[Cl-]. The van der Waals surface area contributed by atoms with Crippen LogP contribution < -0.4 is 17.0 Å². The van der Waals surface area contributed by atoms with Gasteiger partial charge in [-0.15, -0.1) is 0 Å². The molecule has 3 heteroatoms. The summed E-state index contributed by atoms with van der Waals surface area (Å²) < 4.78 is 2.31. The van der Waals surface area contributed by atoms with E-state index >= 15 is 0 Å². The molecule has 0 atom stereocenters. The summed E-state index contributed by atoms with van der Waals surface area (Å²) in [6.07, 6.45) is 12.9. The van der Waals surface area contributed by atoms with Gasteiger partial charge >= 0.3 is 0 Å². The third-order valence-corrected chi connectivity index (χ3v) is 4.13. The van der Waals surface area contributed by atoms with Crippen LogP contribution in [0.2, 0.25) is 0 Å². The standard InChI is InChI=1S/C16H28NS.ClH/c1-4-5-6-7-8-9-10-18-14-17-12-15(2)11-16(3)13-17;/h11-13H,4-10,14H2,1-3H3;1H/q+1;/p-1. The van der Waals surface area contributed by atoms with E-state index in [0.29, 0.717) is 0 Å². The minimum absolute atomic E-state index is 0. The minimum Gasteiger partial charge on any atom is -1.00 e. The lowest BCUT2D eigenvalue weighted by molar-refractivity contribution is -0.676. The van der Waals surface area contributed by atoms with Gasteiger partial charge in [-0.05, 0) is 32.1 Å². The van der Waals surface area contributed by atoms with Crippen LogP contribution in [0.1, 0.15) is 56.6 Å². The highest BCUT2D eigenvalue weighted by atomic mass is 35.5. The molecule has 0 N–H and O–H groups in total. The van der Waals surface area contributed by atoms with Gasteiger partial charge in [0, 0.05) is 11.1 Å². The maximum absolute atomic E-state index is 2.31. The lowest BCUT2D eigenvalue weighted by atomic mass is 10.1. The topological polar surface area (TPSA) is 3.88 Å². The molecule has 1 nitrogen and oxygen atoms in total. The van der Waals surface area contributed by atoms with Crippen molar-refractivity contribution in [2.24, 2.45) is 0 Å². The monoisotopic (exact) mass is 301 g/mol. The zero-order valence-electron chi connectivity index (χ0n) is 12.6. The molecule has 1 aromatic rings. The Balaban J connectivity index is 0.00000324. The molecule has 19 heavy (non-hydrogen) atoms. The van der Waals surface area contributed by atoms with Gasteiger partial charge in [0.05, 0.1) is 0 Å². The normalized spacial score (nSPS) is 10.3. The van der Waals surface area contributed by atoms with Crippen LogP contribution in [-0.4, -0.2) is 5.75 Å². The Morgan fingerprint density at radius 3 is 2.16 bits per heavy atom. The van der Waals surface area contributed by atoms with E-state index in [4.69, 9.17) is 0 Å². The lowest BCUT2D eigenvalue weighted by Gasteiger charge is -2.01. The van der Waals surface area contributed by atoms with Crippen molar-refractivity contribution in [1.82, 2.24) is 0 Å². The molecule has 0 aliphatic rings. The number of unbranched alkanes of at least 4 members (excludes halogenated alkanes) is 5. The summed E-state index contributed by atoms with van der Waals surface area (Å²) in [5.74, 6) is 2.39. The highest BCUT2D eigenvalue weighted by Crippen LogP contribution is 2.10. The van der Waals surface area contributed by atoms with Crippen molar-refractivity contribution in [1.29, 1.82) is 0 Å². The van der Waals surface area contributed by atoms with Gasteiger partial charge in [0.15, 0.2) is 18.3 Å².